The van der Waals surface area contributed by atoms with E-state index in [-0.39, 0.29) is 18.4 Å². The minimum absolute atomic E-state index is 0.169. The van der Waals surface area contributed by atoms with Gasteiger partial charge in [0.15, 0.2) is 0 Å². The third kappa shape index (κ3) is 3.55. The Hall–Kier alpha value is -0.910. The number of likely N-dealkylation sites (tertiary alicyclic amines) is 1. The summed E-state index contributed by atoms with van der Waals surface area (Å²) in [6, 6.07) is 7.27. The van der Waals surface area contributed by atoms with E-state index in [1.807, 2.05) is 24.3 Å². The van der Waals surface area contributed by atoms with E-state index in [0.717, 1.165) is 36.0 Å². The maximum absolute atomic E-state index is 11.8. The molecule has 0 bridgehead atoms. The lowest BCUT2D eigenvalue weighted by Crippen LogP contribution is -2.44. The Labute approximate surface area is 121 Å². The molecule has 1 amide bonds. The lowest BCUT2D eigenvalue weighted by atomic mass is 9.95. The quantitative estimate of drug-likeness (QED) is 0.884. The van der Waals surface area contributed by atoms with Crippen LogP contribution in [0.15, 0.2) is 28.7 Å². The van der Waals surface area contributed by atoms with Gasteiger partial charge in [-0.3, -0.25) is 9.69 Å². The topological polar surface area (TPSA) is 66.6 Å². The number of amides is 1. The van der Waals surface area contributed by atoms with Crippen molar-refractivity contribution in [2.75, 3.05) is 19.7 Å². The van der Waals surface area contributed by atoms with Crippen LogP contribution in [0.1, 0.15) is 24.4 Å². The highest BCUT2D eigenvalue weighted by atomic mass is 79.9. The van der Waals surface area contributed by atoms with Crippen LogP contribution in [0.25, 0.3) is 0 Å². The number of aliphatic hydroxyl groups excluding tert-OH is 1. The second-order valence-electron chi connectivity index (χ2n) is 5.04. The largest absolute Gasteiger partial charge is 0.396 e. The predicted molar refractivity (Wildman–Crippen MR) is 77.5 cm³/mol. The lowest BCUT2D eigenvalue weighted by molar-refractivity contribution is -0.124. The van der Waals surface area contributed by atoms with Gasteiger partial charge in [-0.2, -0.15) is 0 Å². The van der Waals surface area contributed by atoms with Crippen LogP contribution in [-0.4, -0.2) is 35.6 Å². The highest BCUT2D eigenvalue weighted by Gasteiger charge is 2.30. The van der Waals surface area contributed by atoms with Crippen LogP contribution in [0.5, 0.6) is 0 Å². The average Bonchev–Trinajstić information content (AvgIpc) is 2.41. The van der Waals surface area contributed by atoms with Crippen LogP contribution in [0.4, 0.5) is 0 Å². The van der Waals surface area contributed by atoms with Crippen LogP contribution < -0.4 is 5.73 Å². The molecular weight excluding hydrogens is 308 g/mol. The van der Waals surface area contributed by atoms with Crippen molar-refractivity contribution in [2.24, 2.45) is 11.7 Å². The van der Waals surface area contributed by atoms with Gasteiger partial charge in [-0.15, -0.1) is 0 Å². The molecule has 1 aliphatic rings. The second kappa shape index (κ2) is 6.50. The molecule has 19 heavy (non-hydrogen) atoms. The van der Waals surface area contributed by atoms with Crippen LogP contribution in [-0.2, 0) is 4.79 Å². The molecule has 2 unspecified atom stereocenters. The number of nitrogens with two attached hydrogens (primary N) is 1. The van der Waals surface area contributed by atoms with Crippen molar-refractivity contribution in [3.63, 3.8) is 0 Å². The number of primary amides is 1. The molecule has 0 radical (unpaired) electrons. The van der Waals surface area contributed by atoms with Gasteiger partial charge >= 0.3 is 0 Å². The molecule has 1 saturated heterocycles. The molecule has 0 saturated carbocycles. The molecule has 1 aromatic rings. The first kappa shape index (κ1) is 14.5. The fourth-order valence-corrected chi connectivity index (χ4v) is 2.95. The molecule has 2 atom stereocenters. The van der Waals surface area contributed by atoms with Gasteiger partial charge in [-0.25, -0.2) is 0 Å². The fourth-order valence-electron chi connectivity index (χ4n) is 2.68. The Balaban J connectivity index is 2.20. The Morgan fingerprint density at radius 3 is 2.74 bits per heavy atom. The zero-order valence-corrected chi connectivity index (χ0v) is 12.3. The molecule has 1 heterocycles. The first-order chi connectivity index (χ1) is 9.11. The molecule has 4 nitrogen and oxygen atoms in total. The third-order valence-electron chi connectivity index (χ3n) is 3.63. The summed E-state index contributed by atoms with van der Waals surface area (Å²) in [5.41, 5.74) is 6.48. The minimum Gasteiger partial charge on any atom is -0.396 e. The molecule has 5 heteroatoms. The van der Waals surface area contributed by atoms with E-state index in [9.17, 15) is 9.90 Å². The predicted octanol–water partition coefficient (Wildman–Crippen LogP) is 1.68. The van der Waals surface area contributed by atoms with Gasteiger partial charge < -0.3 is 10.8 Å². The molecular formula is C14H19BrN2O2. The molecule has 0 aliphatic carbocycles. The van der Waals surface area contributed by atoms with Gasteiger partial charge in [0.05, 0.1) is 0 Å². The summed E-state index contributed by atoms with van der Waals surface area (Å²) in [6.45, 7) is 1.74. The number of rotatable bonds is 4. The number of hydrogen-bond acceptors (Lipinski definition) is 3. The van der Waals surface area contributed by atoms with Crippen molar-refractivity contribution < 1.29 is 9.90 Å². The van der Waals surface area contributed by atoms with Crippen molar-refractivity contribution in [3.8, 4) is 0 Å². The Kier molecular flexibility index (Phi) is 4.96. The average molecular weight is 327 g/mol. The number of piperidine rings is 1. The molecule has 0 spiro atoms. The summed E-state index contributed by atoms with van der Waals surface area (Å²) in [5, 5.41) is 9.29. The number of aliphatic hydroxyl groups is 1. The molecule has 1 aromatic carbocycles. The summed E-state index contributed by atoms with van der Waals surface area (Å²) in [5.74, 6) is -0.0908. The van der Waals surface area contributed by atoms with E-state index in [2.05, 4.69) is 20.8 Å². The number of carbonyl (C=O) groups excluding carboxylic acids is 1. The first-order valence-electron chi connectivity index (χ1n) is 6.51. The van der Waals surface area contributed by atoms with E-state index in [0.29, 0.717) is 0 Å². The van der Waals surface area contributed by atoms with Crippen molar-refractivity contribution in [3.05, 3.63) is 34.3 Å². The number of carbonyl (C=O) groups is 1. The van der Waals surface area contributed by atoms with Crippen molar-refractivity contribution >= 4 is 21.8 Å². The van der Waals surface area contributed by atoms with Gasteiger partial charge in [0.2, 0.25) is 5.91 Å². The summed E-state index contributed by atoms with van der Waals surface area (Å²) in [7, 11) is 0. The lowest BCUT2D eigenvalue weighted by Gasteiger charge is -2.36. The molecule has 0 aromatic heterocycles. The van der Waals surface area contributed by atoms with Gasteiger partial charge in [0.25, 0.3) is 0 Å². The number of benzene rings is 1. The summed E-state index contributed by atoms with van der Waals surface area (Å²) in [4.78, 5) is 13.9. The number of hydrogen-bond donors (Lipinski definition) is 2. The molecule has 3 N–H and O–H groups in total. The summed E-state index contributed by atoms with van der Waals surface area (Å²) in [6.07, 6.45) is 2.00. The maximum atomic E-state index is 11.8. The molecule has 1 fully saturated rings. The summed E-state index contributed by atoms with van der Waals surface area (Å²) >= 11 is 3.39. The standard InChI is InChI=1S/C14H19BrN2O2/c15-12-5-3-11(4-6-12)13(14(16)19)17-7-1-2-10(8-17)9-18/h3-6,10,13,18H,1-2,7-9H2,(H2,16,19). The normalized spacial score (nSPS) is 22.1. The second-order valence-corrected chi connectivity index (χ2v) is 5.96. The van der Waals surface area contributed by atoms with E-state index in [1.54, 1.807) is 0 Å². The van der Waals surface area contributed by atoms with Crippen LogP contribution >= 0.6 is 15.9 Å². The molecule has 104 valence electrons. The zero-order valence-electron chi connectivity index (χ0n) is 10.8. The van der Waals surface area contributed by atoms with Crippen molar-refractivity contribution in [2.45, 2.75) is 18.9 Å². The van der Waals surface area contributed by atoms with E-state index < -0.39 is 6.04 Å². The number of halogens is 1. The highest BCUT2D eigenvalue weighted by Crippen LogP contribution is 2.27. The number of nitrogens with zero attached hydrogens (tertiary/aromatic N) is 1. The monoisotopic (exact) mass is 326 g/mol. The van der Waals surface area contributed by atoms with Crippen LogP contribution in [0.2, 0.25) is 0 Å². The molecule has 2 rings (SSSR count). The van der Waals surface area contributed by atoms with Crippen LogP contribution in [0.3, 0.4) is 0 Å². The van der Waals surface area contributed by atoms with E-state index >= 15 is 0 Å². The minimum atomic E-state index is -0.401. The highest BCUT2D eigenvalue weighted by molar-refractivity contribution is 9.10. The Morgan fingerprint density at radius 1 is 1.47 bits per heavy atom. The Morgan fingerprint density at radius 2 is 2.16 bits per heavy atom. The maximum Gasteiger partial charge on any atom is 0.239 e. The zero-order chi connectivity index (χ0) is 13.8. The van der Waals surface area contributed by atoms with Crippen molar-refractivity contribution in [1.82, 2.24) is 4.90 Å². The Bertz CT molecular complexity index is 436. The van der Waals surface area contributed by atoms with Gasteiger partial charge in [-0.05, 0) is 43.0 Å². The summed E-state index contributed by atoms with van der Waals surface area (Å²) < 4.78 is 0.978. The molecule has 1 aliphatic heterocycles. The van der Waals surface area contributed by atoms with Crippen LogP contribution in [0, 0.1) is 5.92 Å². The fraction of sp³-hybridized carbons (Fsp3) is 0.500. The van der Waals surface area contributed by atoms with Gasteiger partial charge in [-0.1, -0.05) is 28.1 Å². The van der Waals surface area contributed by atoms with E-state index in [1.165, 1.54) is 0 Å². The van der Waals surface area contributed by atoms with E-state index in [4.69, 9.17) is 5.73 Å². The van der Waals surface area contributed by atoms with Gasteiger partial charge in [0.1, 0.15) is 6.04 Å². The smallest absolute Gasteiger partial charge is 0.239 e. The van der Waals surface area contributed by atoms with Crippen molar-refractivity contribution in [1.29, 1.82) is 0 Å². The van der Waals surface area contributed by atoms with Gasteiger partial charge in [0, 0.05) is 17.6 Å². The first-order valence-corrected chi connectivity index (χ1v) is 7.31. The third-order valence-corrected chi connectivity index (χ3v) is 4.16. The SMILES string of the molecule is NC(=O)C(c1ccc(Br)cc1)N1CCCC(CO)C1.